The number of nitriles is 1. The first-order chi connectivity index (χ1) is 7.42. The van der Waals surface area contributed by atoms with E-state index in [2.05, 4.69) is 42.1 Å². The van der Waals surface area contributed by atoms with Crippen LogP contribution in [0.1, 0.15) is 20.8 Å². The zero-order valence-corrected chi connectivity index (χ0v) is 10.2. The third-order valence-electron chi connectivity index (χ3n) is 1.85. The van der Waals surface area contributed by atoms with Crippen molar-refractivity contribution in [1.29, 1.82) is 5.26 Å². The smallest absolute Gasteiger partial charge is 0.134 e. The molecule has 1 heterocycles. The Bertz CT molecular complexity index is 388. The largest absolute Gasteiger partial charge is 0.365 e. The standard InChI is InChI=1S/C11H17N5/c1-11(2,3)15-9-7-10(14-8-13-9)16(4)6-5-12/h7-8H,6H2,1-4H3,(H,13,14,15). The van der Waals surface area contributed by atoms with Gasteiger partial charge in [0.1, 0.15) is 24.5 Å². The fourth-order valence-electron chi connectivity index (χ4n) is 1.20. The molecule has 5 nitrogen and oxygen atoms in total. The Balaban J connectivity index is 2.83. The van der Waals surface area contributed by atoms with E-state index in [1.165, 1.54) is 6.33 Å². The second-order valence-corrected chi connectivity index (χ2v) is 4.65. The van der Waals surface area contributed by atoms with E-state index in [4.69, 9.17) is 5.26 Å². The van der Waals surface area contributed by atoms with Crippen LogP contribution in [-0.4, -0.2) is 29.1 Å². The van der Waals surface area contributed by atoms with Crippen LogP contribution in [0, 0.1) is 11.3 Å². The first-order valence-electron chi connectivity index (χ1n) is 5.11. The van der Waals surface area contributed by atoms with Crippen LogP contribution in [0.5, 0.6) is 0 Å². The third-order valence-corrected chi connectivity index (χ3v) is 1.85. The minimum absolute atomic E-state index is 0.0422. The van der Waals surface area contributed by atoms with Crippen LogP contribution < -0.4 is 10.2 Å². The van der Waals surface area contributed by atoms with Crippen molar-refractivity contribution in [1.82, 2.24) is 9.97 Å². The average molecular weight is 219 g/mol. The maximum Gasteiger partial charge on any atom is 0.134 e. The van der Waals surface area contributed by atoms with Crippen molar-refractivity contribution in [3.05, 3.63) is 12.4 Å². The molecule has 1 aromatic rings. The molecule has 0 spiro atoms. The lowest BCUT2D eigenvalue weighted by Crippen LogP contribution is -2.27. The van der Waals surface area contributed by atoms with E-state index in [1.54, 1.807) is 4.90 Å². The zero-order valence-electron chi connectivity index (χ0n) is 10.2. The molecule has 0 saturated heterocycles. The van der Waals surface area contributed by atoms with Gasteiger partial charge in [0.05, 0.1) is 6.07 Å². The van der Waals surface area contributed by atoms with Crippen LogP contribution in [0.2, 0.25) is 0 Å². The van der Waals surface area contributed by atoms with Crippen molar-refractivity contribution >= 4 is 11.6 Å². The number of hydrogen-bond donors (Lipinski definition) is 1. The van der Waals surface area contributed by atoms with Crippen molar-refractivity contribution in [2.24, 2.45) is 0 Å². The van der Waals surface area contributed by atoms with Gasteiger partial charge in [0, 0.05) is 18.7 Å². The van der Waals surface area contributed by atoms with Gasteiger partial charge in [-0.05, 0) is 20.8 Å². The Morgan fingerprint density at radius 2 is 2.12 bits per heavy atom. The minimum Gasteiger partial charge on any atom is -0.365 e. The number of rotatable bonds is 3. The van der Waals surface area contributed by atoms with Gasteiger partial charge in [-0.3, -0.25) is 0 Å². The van der Waals surface area contributed by atoms with Gasteiger partial charge in [-0.1, -0.05) is 0 Å². The SMILES string of the molecule is CN(CC#N)c1cc(NC(C)(C)C)ncn1. The van der Waals surface area contributed by atoms with E-state index in [9.17, 15) is 0 Å². The van der Waals surface area contributed by atoms with Gasteiger partial charge in [-0.2, -0.15) is 5.26 Å². The van der Waals surface area contributed by atoms with Gasteiger partial charge in [0.2, 0.25) is 0 Å². The van der Waals surface area contributed by atoms with Crippen molar-refractivity contribution in [2.75, 3.05) is 23.8 Å². The summed E-state index contributed by atoms with van der Waals surface area (Å²) in [6.07, 6.45) is 1.50. The summed E-state index contributed by atoms with van der Waals surface area (Å²) in [7, 11) is 1.83. The van der Waals surface area contributed by atoms with E-state index in [-0.39, 0.29) is 5.54 Å². The summed E-state index contributed by atoms with van der Waals surface area (Å²) in [5.41, 5.74) is -0.0422. The molecule has 0 aliphatic rings. The molecule has 0 saturated carbocycles. The van der Waals surface area contributed by atoms with E-state index in [1.807, 2.05) is 13.1 Å². The van der Waals surface area contributed by atoms with Crippen molar-refractivity contribution < 1.29 is 0 Å². The predicted octanol–water partition coefficient (Wildman–Crippen LogP) is 1.65. The maximum absolute atomic E-state index is 8.60. The second kappa shape index (κ2) is 4.79. The molecular weight excluding hydrogens is 202 g/mol. The highest BCUT2D eigenvalue weighted by molar-refractivity contribution is 5.49. The molecule has 0 aromatic carbocycles. The third kappa shape index (κ3) is 3.73. The summed E-state index contributed by atoms with van der Waals surface area (Å²) in [6, 6.07) is 3.91. The molecule has 1 rings (SSSR count). The summed E-state index contributed by atoms with van der Waals surface area (Å²) in [5, 5.41) is 11.9. The lowest BCUT2D eigenvalue weighted by Gasteiger charge is -2.22. The van der Waals surface area contributed by atoms with E-state index < -0.39 is 0 Å². The normalized spacial score (nSPS) is 10.7. The number of anilines is 2. The summed E-state index contributed by atoms with van der Waals surface area (Å²) in [4.78, 5) is 10.0. The van der Waals surface area contributed by atoms with Gasteiger partial charge in [-0.25, -0.2) is 9.97 Å². The Morgan fingerprint density at radius 3 is 2.69 bits per heavy atom. The number of nitrogens with zero attached hydrogens (tertiary/aromatic N) is 4. The van der Waals surface area contributed by atoms with Gasteiger partial charge in [-0.15, -0.1) is 0 Å². The molecule has 0 atom stereocenters. The van der Waals surface area contributed by atoms with Crippen LogP contribution >= 0.6 is 0 Å². The topological polar surface area (TPSA) is 64.8 Å². The fraction of sp³-hybridized carbons (Fsp3) is 0.545. The number of nitrogens with one attached hydrogen (secondary N) is 1. The highest BCUT2D eigenvalue weighted by Crippen LogP contribution is 2.16. The van der Waals surface area contributed by atoms with Gasteiger partial charge < -0.3 is 10.2 Å². The molecular formula is C11H17N5. The Hall–Kier alpha value is -1.83. The fourth-order valence-corrected chi connectivity index (χ4v) is 1.20. The molecule has 0 unspecified atom stereocenters. The number of hydrogen-bond acceptors (Lipinski definition) is 5. The highest BCUT2D eigenvalue weighted by Gasteiger charge is 2.11. The van der Waals surface area contributed by atoms with Crippen LogP contribution in [-0.2, 0) is 0 Å². The molecule has 1 N–H and O–H groups in total. The first kappa shape index (κ1) is 12.2. The molecule has 0 aliphatic heterocycles. The molecule has 0 bridgehead atoms. The van der Waals surface area contributed by atoms with Gasteiger partial charge >= 0.3 is 0 Å². The summed E-state index contributed by atoms with van der Waals surface area (Å²) >= 11 is 0. The summed E-state index contributed by atoms with van der Waals surface area (Å²) in [6.45, 7) is 6.50. The van der Waals surface area contributed by atoms with E-state index in [0.29, 0.717) is 6.54 Å². The zero-order chi connectivity index (χ0) is 12.2. The Morgan fingerprint density at radius 1 is 1.44 bits per heavy atom. The van der Waals surface area contributed by atoms with E-state index >= 15 is 0 Å². The van der Waals surface area contributed by atoms with Crippen LogP contribution in [0.3, 0.4) is 0 Å². The Labute approximate surface area is 96.1 Å². The van der Waals surface area contributed by atoms with Crippen LogP contribution in [0.15, 0.2) is 12.4 Å². The minimum atomic E-state index is -0.0422. The molecule has 86 valence electrons. The van der Waals surface area contributed by atoms with Crippen LogP contribution in [0.25, 0.3) is 0 Å². The molecule has 1 aromatic heterocycles. The van der Waals surface area contributed by atoms with Crippen molar-refractivity contribution in [3.63, 3.8) is 0 Å². The molecule has 0 amide bonds. The maximum atomic E-state index is 8.60. The van der Waals surface area contributed by atoms with E-state index in [0.717, 1.165) is 11.6 Å². The molecule has 16 heavy (non-hydrogen) atoms. The summed E-state index contributed by atoms with van der Waals surface area (Å²) in [5.74, 6) is 1.51. The molecule has 0 radical (unpaired) electrons. The number of aromatic nitrogens is 2. The lowest BCUT2D eigenvalue weighted by molar-refractivity contribution is 0.630. The summed E-state index contributed by atoms with van der Waals surface area (Å²) < 4.78 is 0. The Kier molecular flexibility index (Phi) is 3.67. The molecule has 0 fully saturated rings. The van der Waals surface area contributed by atoms with Crippen LogP contribution in [0.4, 0.5) is 11.6 Å². The highest BCUT2D eigenvalue weighted by atomic mass is 15.2. The van der Waals surface area contributed by atoms with Gasteiger partial charge in [0.15, 0.2) is 0 Å². The quantitative estimate of drug-likeness (QED) is 0.783. The first-order valence-corrected chi connectivity index (χ1v) is 5.11. The van der Waals surface area contributed by atoms with Crippen molar-refractivity contribution in [3.8, 4) is 6.07 Å². The monoisotopic (exact) mass is 219 g/mol. The molecule has 5 heteroatoms. The van der Waals surface area contributed by atoms with Crippen molar-refractivity contribution in [2.45, 2.75) is 26.3 Å². The predicted molar refractivity (Wildman–Crippen MR) is 64.3 cm³/mol. The molecule has 0 aliphatic carbocycles. The lowest BCUT2D eigenvalue weighted by atomic mass is 10.1. The van der Waals surface area contributed by atoms with Gasteiger partial charge in [0.25, 0.3) is 0 Å². The second-order valence-electron chi connectivity index (χ2n) is 4.65. The average Bonchev–Trinajstić information content (AvgIpc) is 2.16.